The van der Waals surface area contributed by atoms with Crippen LogP contribution in [0.5, 0.6) is 0 Å². The molecule has 0 spiro atoms. The van der Waals surface area contributed by atoms with E-state index in [0.29, 0.717) is 11.4 Å². The van der Waals surface area contributed by atoms with Crippen LogP contribution in [-0.4, -0.2) is 11.8 Å². The largest absolute Gasteiger partial charge is 0.398 e. The van der Waals surface area contributed by atoms with Gasteiger partial charge in [0, 0.05) is 24.5 Å². The second-order valence-corrected chi connectivity index (χ2v) is 4.76. The zero-order chi connectivity index (χ0) is 15.9. The number of nitrogen functional groups attached to an aromatic ring is 2. The number of amides is 2. The molecule has 2 rings (SSSR count). The van der Waals surface area contributed by atoms with Crippen molar-refractivity contribution in [2.45, 2.75) is 13.1 Å². The highest BCUT2D eigenvalue weighted by Crippen LogP contribution is 2.10. The predicted molar refractivity (Wildman–Crippen MR) is 85.4 cm³/mol. The van der Waals surface area contributed by atoms with Gasteiger partial charge >= 0.3 is 11.8 Å². The van der Waals surface area contributed by atoms with Gasteiger partial charge in [0.1, 0.15) is 0 Å². The molecule has 0 aromatic heterocycles. The van der Waals surface area contributed by atoms with Gasteiger partial charge < -0.3 is 22.1 Å². The Hall–Kier alpha value is -3.02. The summed E-state index contributed by atoms with van der Waals surface area (Å²) in [5, 5.41) is 5.06. The number of para-hydroxylation sites is 2. The Morgan fingerprint density at radius 1 is 0.727 bits per heavy atom. The number of anilines is 2. The fraction of sp³-hybridized carbons (Fsp3) is 0.125. The molecule has 114 valence electrons. The number of carbonyl (C=O) groups is 2. The first-order valence-corrected chi connectivity index (χ1v) is 6.80. The summed E-state index contributed by atoms with van der Waals surface area (Å²) in [6.07, 6.45) is 0. The quantitative estimate of drug-likeness (QED) is 0.494. The Morgan fingerprint density at radius 2 is 1.09 bits per heavy atom. The number of nitrogens with one attached hydrogen (secondary N) is 2. The van der Waals surface area contributed by atoms with Gasteiger partial charge in [0.05, 0.1) is 0 Å². The van der Waals surface area contributed by atoms with E-state index in [9.17, 15) is 9.59 Å². The molecule has 0 saturated carbocycles. The summed E-state index contributed by atoms with van der Waals surface area (Å²) in [5.74, 6) is -1.42. The summed E-state index contributed by atoms with van der Waals surface area (Å²) < 4.78 is 0. The van der Waals surface area contributed by atoms with Gasteiger partial charge in [-0.15, -0.1) is 0 Å². The van der Waals surface area contributed by atoms with Crippen LogP contribution in [0.2, 0.25) is 0 Å². The average molecular weight is 298 g/mol. The van der Waals surface area contributed by atoms with Gasteiger partial charge in [0.15, 0.2) is 0 Å². The third-order valence-electron chi connectivity index (χ3n) is 3.20. The van der Waals surface area contributed by atoms with E-state index < -0.39 is 11.8 Å². The Morgan fingerprint density at radius 3 is 1.45 bits per heavy atom. The molecule has 0 heterocycles. The molecule has 2 aromatic rings. The lowest BCUT2D eigenvalue weighted by atomic mass is 10.2. The fourth-order valence-corrected chi connectivity index (χ4v) is 1.90. The van der Waals surface area contributed by atoms with Crippen LogP contribution >= 0.6 is 0 Å². The molecule has 6 N–H and O–H groups in total. The van der Waals surface area contributed by atoms with Gasteiger partial charge in [-0.2, -0.15) is 0 Å². The number of hydrogen-bond acceptors (Lipinski definition) is 4. The summed E-state index contributed by atoms with van der Waals surface area (Å²) in [6, 6.07) is 14.3. The lowest BCUT2D eigenvalue weighted by Crippen LogP contribution is -2.39. The normalized spacial score (nSPS) is 10.0. The Bertz CT molecular complexity index is 626. The van der Waals surface area contributed by atoms with Crippen molar-refractivity contribution in [3.8, 4) is 0 Å². The Labute approximate surface area is 128 Å². The van der Waals surface area contributed by atoms with Crippen LogP contribution in [0, 0.1) is 0 Å². The molecule has 0 radical (unpaired) electrons. The molecule has 0 unspecified atom stereocenters. The van der Waals surface area contributed by atoms with Crippen LogP contribution in [0.4, 0.5) is 11.4 Å². The highest BCUT2D eigenvalue weighted by atomic mass is 16.2. The van der Waals surface area contributed by atoms with Crippen molar-refractivity contribution < 1.29 is 9.59 Å². The van der Waals surface area contributed by atoms with Gasteiger partial charge in [0.2, 0.25) is 0 Å². The molecule has 22 heavy (non-hydrogen) atoms. The molecular formula is C16H18N4O2. The first-order chi connectivity index (χ1) is 10.6. The third kappa shape index (κ3) is 3.99. The van der Waals surface area contributed by atoms with Crippen LogP contribution in [0.3, 0.4) is 0 Å². The minimum absolute atomic E-state index is 0.201. The molecule has 0 aliphatic carbocycles. The van der Waals surface area contributed by atoms with Gasteiger partial charge in [0.25, 0.3) is 0 Å². The van der Waals surface area contributed by atoms with E-state index >= 15 is 0 Å². The monoisotopic (exact) mass is 298 g/mol. The minimum atomic E-state index is -0.710. The van der Waals surface area contributed by atoms with Gasteiger partial charge in [-0.05, 0) is 23.3 Å². The van der Waals surface area contributed by atoms with Gasteiger partial charge in [-0.3, -0.25) is 9.59 Å². The van der Waals surface area contributed by atoms with Crippen molar-refractivity contribution in [3.63, 3.8) is 0 Å². The lowest BCUT2D eigenvalue weighted by Gasteiger charge is -2.09. The standard InChI is InChI=1S/C16H18N4O2/c17-13-7-3-1-5-11(13)9-19-15(21)16(22)20-10-12-6-2-4-8-14(12)18/h1-8H,9-10,17-18H2,(H,19,21)(H,20,22). The van der Waals surface area contributed by atoms with E-state index in [4.69, 9.17) is 11.5 Å². The Kier molecular flexibility index (Phi) is 4.98. The summed E-state index contributed by atoms with van der Waals surface area (Å²) in [6.45, 7) is 0.402. The summed E-state index contributed by atoms with van der Waals surface area (Å²) in [7, 11) is 0. The molecule has 0 bridgehead atoms. The van der Waals surface area contributed by atoms with E-state index in [1.54, 1.807) is 36.4 Å². The molecule has 2 amide bonds. The minimum Gasteiger partial charge on any atom is -0.398 e. The maximum Gasteiger partial charge on any atom is 0.309 e. The Balaban J connectivity index is 1.84. The molecule has 6 nitrogen and oxygen atoms in total. The smallest absolute Gasteiger partial charge is 0.309 e. The lowest BCUT2D eigenvalue weighted by molar-refractivity contribution is -0.139. The number of rotatable bonds is 4. The van der Waals surface area contributed by atoms with E-state index in [-0.39, 0.29) is 13.1 Å². The average Bonchev–Trinajstić information content (AvgIpc) is 2.52. The maximum absolute atomic E-state index is 11.7. The number of nitrogens with two attached hydrogens (primary N) is 2. The predicted octanol–water partition coefficient (Wildman–Crippen LogP) is 0.784. The number of hydrogen-bond donors (Lipinski definition) is 4. The zero-order valence-electron chi connectivity index (χ0n) is 12.0. The number of carbonyl (C=O) groups excluding carboxylic acids is 2. The molecule has 0 saturated heterocycles. The second kappa shape index (κ2) is 7.12. The first-order valence-electron chi connectivity index (χ1n) is 6.80. The van der Waals surface area contributed by atoms with Gasteiger partial charge in [-0.1, -0.05) is 36.4 Å². The van der Waals surface area contributed by atoms with Crippen LogP contribution in [0.15, 0.2) is 48.5 Å². The number of benzene rings is 2. The molecular weight excluding hydrogens is 280 g/mol. The second-order valence-electron chi connectivity index (χ2n) is 4.76. The highest BCUT2D eigenvalue weighted by molar-refractivity contribution is 6.35. The van der Waals surface area contributed by atoms with Crippen LogP contribution in [0.25, 0.3) is 0 Å². The molecule has 6 heteroatoms. The zero-order valence-corrected chi connectivity index (χ0v) is 12.0. The van der Waals surface area contributed by atoms with Crippen molar-refractivity contribution in [2.75, 3.05) is 11.5 Å². The van der Waals surface area contributed by atoms with E-state index in [1.807, 2.05) is 12.1 Å². The molecule has 0 fully saturated rings. The van der Waals surface area contributed by atoms with Crippen molar-refractivity contribution >= 4 is 23.2 Å². The van der Waals surface area contributed by atoms with Gasteiger partial charge in [-0.25, -0.2) is 0 Å². The highest BCUT2D eigenvalue weighted by Gasteiger charge is 2.13. The topological polar surface area (TPSA) is 110 Å². The fourth-order valence-electron chi connectivity index (χ4n) is 1.90. The van der Waals surface area contributed by atoms with Crippen molar-refractivity contribution in [1.29, 1.82) is 0 Å². The van der Waals surface area contributed by atoms with E-state index in [1.165, 1.54) is 0 Å². The molecule has 0 aliphatic rings. The van der Waals surface area contributed by atoms with Crippen LogP contribution in [0.1, 0.15) is 11.1 Å². The molecule has 2 aromatic carbocycles. The molecule has 0 aliphatic heterocycles. The molecule has 0 atom stereocenters. The maximum atomic E-state index is 11.7. The van der Waals surface area contributed by atoms with Crippen molar-refractivity contribution in [2.24, 2.45) is 0 Å². The third-order valence-corrected chi connectivity index (χ3v) is 3.20. The van der Waals surface area contributed by atoms with E-state index in [0.717, 1.165) is 11.1 Å². The summed E-state index contributed by atoms with van der Waals surface area (Å²) in [4.78, 5) is 23.5. The van der Waals surface area contributed by atoms with E-state index in [2.05, 4.69) is 10.6 Å². The van der Waals surface area contributed by atoms with Crippen LogP contribution < -0.4 is 22.1 Å². The van der Waals surface area contributed by atoms with Crippen molar-refractivity contribution in [3.05, 3.63) is 59.7 Å². The van der Waals surface area contributed by atoms with Crippen molar-refractivity contribution in [1.82, 2.24) is 10.6 Å². The SMILES string of the molecule is Nc1ccccc1CNC(=O)C(=O)NCc1ccccc1N. The summed E-state index contributed by atoms with van der Waals surface area (Å²) >= 11 is 0. The van der Waals surface area contributed by atoms with Crippen LogP contribution in [-0.2, 0) is 22.7 Å². The summed E-state index contributed by atoms with van der Waals surface area (Å²) in [5.41, 5.74) is 14.2. The first kappa shape index (κ1) is 15.4.